The maximum absolute atomic E-state index is 14.0. The summed E-state index contributed by atoms with van der Waals surface area (Å²) in [5.74, 6) is -1.72. The molecule has 0 aromatic carbocycles. The Morgan fingerprint density at radius 3 is 2.55 bits per heavy atom. The maximum atomic E-state index is 14.0. The second-order valence-electron chi connectivity index (χ2n) is 9.97. The zero-order valence-corrected chi connectivity index (χ0v) is 17.4. The van der Waals surface area contributed by atoms with Gasteiger partial charge in [-0.3, -0.25) is 14.4 Å². The molecule has 4 heterocycles. The van der Waals surface area contributed by atoms with Crippen molar-refractivity contribution in [3.8, 4) is 0 Å². The van der Waals surface area contributed by atoms with Crippen molar-refractivity contribution in [3.63, 3.8) is 0 Å². The Balaban J connectivity index is 1.63. The van der Waals surface area contributed by atoms with E-state index in [0.29, 0.717) is 32.2 Å². The van der Waals surface area contributed by atoms with Crippen molar-refractivity contribution in [1.29, 1.82) is 0 Å². The first-order valence-electron chi connectivity index (χ1n) is 11.2. The Bertz CT molecular complexity index is 768. The van der Waals surface area contributed by atoms with E-state index in [0.717, 1.165) is 12.8 Å². The molecular formula is C22H31NO6. The highest BCUT2D eigenvalue weighted by Gasteiger charge is 2.78. The van der Waals surface area contributed by atoms with Gasteiger partial charge in [0.1, 0.15) is 12.2 Å². The fourth-order valence-electron chi connectivity index (χ4n) is 7.53. The Kier molecular flexibility index (Phi) is 4.13. The van der Waals surface area contributed by atoms with Gasteiger partial charge in [-0.15, -0.1) is 0 Å². The molecule has 0 aromatic heterocycles. The summed E-state index contributed by atoms with van der Waals surface area (Å²) in [6.45, 7) is 6.31. The zero-order valence-electron chi connectivity index (χ0n) is 17.4. The van der Waals surface area contributed by atoms with Crippen LogP contribution in [-0.4, -0.2) is 58.2 Å². The van der Waals surface area contributed by atoms with E-state index >= 15 is 0 Å². The van der Waals surface area contributed by atoms with Gasteiger partial charge < -0.3 is 19.5 Å². The summed E-state index contributed by atoms with van der Waals surface area (Å²) in [5.41, 5.74) is -2.22. The second-order valence-corrected chi connectivity index (χ2v) is 9.97. The Hall–Kier alpha value is -1.63. The molecular weight excluding hydrogens is 374 g/mol. The predicted octanol–water partition coefficient (Wildman–Crippen LogP) is 1.66. The molecule has 5 aliphatic rings. The van der Waals surface area contributed by atoms with Crippen LogP contribution < -0.4 is 0 Å². The van der Waals surface area contributed by atoms with Crippen molar-refractivity contribution in [3.05, 3.63) is 0 Å². The molecule has 5 rings (SSSR count). The van der Waals surface area contributed by atoms with E-state index in [-0.39, 0.29) is 41.6 Å². The van der Waals surface area contributed by atoms with Gasteiger partial charge in [0.15, 0.2) is 0 Å². The van der Waals surface area contributed by atoms with Crippen LogP contribution in [0.5, 0.6) is 0 Å². The molecule has 4 saturated heterocycles. The molecule has 1 saturated carbocycles. The molecule has 4 aliphatic heterocycles. The molecule has 9 atom stereocenters. The van der Waals surface area contributed by atoms with Gasteiger partial charge in [0.2, 0.25) is 5.91 Å². The lowest BCUT2D eigenvalue weighted by Gasteiger charge is -2.55. The molecule has 0 aromatic rings. The first-order valence-corrected chi connectivity index (χ1v) is 11.2. The normalized spacial score (nSPS) is 51.4. The van der Waals surface area contributed by atoms with E-state index in [1.54, 1.807) is 0 Å². The number of esters is 2. The summed E-state index contributed by atoms with van der Waals surface area (Å²) in [5, 5.41) is 12.3. The third-order valence-corrected chi connectivity index (χ3v) is 8.78. The van der Waals surface area contributed by atoms with Crippen molar-refractivity contribution in [1.82, 2.24) is 4.90 Å². The average Bonchev–Trinajstić information content (AvgIpc) is 3.19. The van der Waals surface area contributed by atoms with Gasteiger partial charge in [-0.1, -0.05) is 27.2 Å². The van der Waals surface area contributed by atoms with Crippen molar-refractivity contribution in [2.75, 3.05) is 6.54 Å². The Morgan fingerprint density at radius 1 is 1.14 bits per heavy atom. The molecule has 7 nitrogen and oxygen atoms in total. The van der Waals surface area contributed by atoms with E-state index in [4.69, 9.17) is 9.47 Å². The summed E-state index contributed by atoms with van der Waals surface area (Å²) >= 11 is 0. The lowest BCUT2D eigenvalue weighted by molar-refractivity contribution is -0.200. The molecule has 0 unspecified atom stereocenters. The quantitative estimate of drug-likeness (QED) is 0.703. The highest BCUT2D eigenvalue weighted by atomic mass is 16.6. The van der Waals surface area contributed by atoms with Crippen LogP contribution in [0.25, 0.3) is 0 Å². The lowest BCUT2D eigenvalue weighted by Crippen LogP contribution is -2.69. The summed E-state index contributed by atoms with van der Waals surface area (Å²) in [6.07, 6.45) is 3.14. The SMILES string of the molecule is CC[C@H]1[C@@H]2OC(=O)[C@H](C)[C@@H]2[C@@]2(O)C[C@@H]([C@@H]3C[C@H](C)C(=O)O3)N3CCCC[C@]12C3=O. The summed E-state index contributed by atoms with van der Waals surface area (Å²) in [6, 6.07) is -0.341. The first-order chi connectivity index (χ1) is 13.8. The summed E-state index contributed by atoms with van der Waals surface area (Å²) in [7, 11) is 0. The van der Waals surface area contributed by atoms with Gasteiger partial charge in [0, 0.05) is 24.8 Å². The number of carbonyl (C=O) groups excluding carboxylic acids is 3. The zero-order chi connectivity index (χ0) is 20.7. The number of hydrogen-bond acceptors (Lipinski definition) is 6. The number of rotatable bonds is 2. The topological polar surface area (TPSA) is 93.1 Å². The third-order valence-electron chi connectivity index (χ3n) is 8.78. The van der Waals surface area contributed by atoms with Crippen molar-refractivity contribution in [2.24, 2.45) is 29.1 Å². The highest BCUT2D eigenvalue weighted by Crippen LogP contribution is 2.67. The molecule has 29 heavy (non-hydrogen) atoms. The van der Waals surface area contributed by atoms with Crippen LogP contribution in [-0.2, 0) is 23.9 Å². The van der Waals surface area contributed by atoms with Crippen molar-refractivity contribution in [2.45, 2.75) is 83.1 Å². The number of hydrogen-bond donors (Lipinski definition) is 1. The third kappa shape index (κ3) is 2.20. The van der Waals surface area contributed by atoms with Crippen LogP contribution in [0.4, 0.5) is 0 Å². The molecule has 2 bridgehead atoms. The van der Waals surface area contributed by atoms with E-state index in [1.807, 2.05) is 25.7 Å². The predicted molar refractivity (Wildman–Crippen MR) is 101 cm³/mol. The van der Waals surface area contributed by atoms with Crippen LogP contribution >= 0.6 is 0 Å². The van der Waals surface area contributed by atoms with E-state index in [9.17, 15) is 19.5 Å². The number of ether oxygens (including phenoxy) is 2. The molecule has 1 N–H and O–H groups in total. The first kappa shape index (κ1) is 19.3. The minimum atomic E-state index is -1.31. The van der Waals surface area contributed by atoms with Crippen LogP contribution in [0.1, 0.15) is 59.3 Å². The van der Waals surface area contributed by atoms with Crippen molar-refractivity contribution >= 4 is 17.8 Å². The molecule has 5 fully saturated rings. The molecule has 1 amide bonds. The number of piperidine rings is 1. The largest absolute Gasteiger partial charge is 0.461 e. The Morgan fingerprint density at radius 2 is 1.90 bits per heavy atom. The van der Waals surface area contributed by atoms with Crippen molar-refractivity contribution < 1.29 is 29.0 Å². The van der Waals surface area contributed by atoms with Gasteiger partial charge in [0.25, 0.3) is 0 Å². The van der Waals surface area contributed by atoms with Gasteiger partial charge in [-0.05, 0) is 25.7 Å². The molecule has 1 aliphatic carbocycles. The Labute approximate surface area is 171 Å². The monoisotopic (exact) mass is 405 g/mol. The van der Waals surface area contributed by atoms with E-state index < -0.39 is 29.1 Å². The van der Waals surface area contributed by atoms with Gasteiger partial charge in [-0.2, -0.15) is 0 Å². The average molecular weight is 405 g/mol. The fraction of sp³-hybridized carbons (Fsp3) is 0.864. The minimum Gasteiger partial charge on any atom is -0.461 e. The number of fused-ring (bicyclic) bond motifs is 3. The summed E-state index contributed by atoms with van der Waals surface area (Å²) < 4.78 is 11.4. The number of amides is 1. The van der Waals surface area contributed by atoms with E-state index in [1.165, 1.54) is 0 Å². The number of carbonyl (C=O) groups is 3. The van der Waals surface area contributed by atoms with Gasteiger partial charge >= 0.3 is 11.9 Å². The van der Waals surface area contributed by atoms with E-state index in [2.05, 4.69) is 0 Å². The lowest BCUT2D eigenvalue weighted by atomic mass is 9.58. The van der Waals surface area contributed by atoms with Gasteiger partial charge in [0.05, 0.1) is 28.9 Å². The van der Waals surface area contributed by atoms with Crippen LogP contribution in [0, 0.1) is 29.1 Å². The van der Waals surface area contributed by atoms with Crippen LogP contribution in [0.2, 0.25) is 0 Å². The second kappa shape index (κ2) is 6.19. The fourth-order valence-corrected chi connectivity index (χ4v) is 7.53. The van der Waals surface area contributed by atoms with Gasteiger partial charge in [-0.25, -0.2) is 0 Å². The number of aliphatic hydroxyl groups is 1. The molecule has 1 spiro atoms. The minimum absolute atomic E-state index is 0.0196. The standard InChI is InChI=1S/C22H31NO6/c1-4-13-17-16(12(3)19(25)29-17)22(27)10-14(15-9-11(2)18(24)28-15)23-8-6-5-7-21(13,22)20(23)26/h11-17,27H,4-10H2,1-3H3/t11-,12+,13-,14-,15-,16-,17-,21+,22-/m0/s1. The maximum Gasteiger partial charge on any atom is 0.309 e. The smallest absolute Gasteiger partial charge is 0.309 e. The molecule has 7 heteroatoms. The highest BCUT2D eigenvalue weighted by molar-refractivity contribution is 5.89. The van der Waals surface area contributed by atoms with Crippen LogP contribution in [0.15, 0.2) is 0 Å². The number of cyclic esters (lactones) is 1. The van der Waals surface area contributed by atoms with Crippen LogP contribution in [0.3, 0.4) is 0 Å². The molecule has 0 radical (unpaired) electrons. The molecule has 160 valence electrons. The number of nitrogens with zero attached hydrogens (tertiary/aromatic N) is 1. The summed E-state index contributed by atoms with van der Waals surface area (Å²) in [4.78, 5) is 40.4.